The van der Waals surface area contributed by atoms with Gasteiger partial charge in [0, 0.05) is 28.4 Å². The molecular weight excluding hydrogens is 508 g/mol. The molecule has 1 aliphatic carbocycles. The van der Waals surface area contributed by atoms with Gasteiger partial charge in [-0.3, -0.25) is 4.79 Å². The molecule has 1 saturated carbocycles. The lowest BCUT2D eigenvalue weighted by Gasteiger charge is -2.22. The Hall–Kier alpha value is -4.34. The number of nitriles is 1. The van der Waals surface area contributed by atoms with Crippen molar-refractivity contribution in [2.75, 3.05) is 0 Å². The van der Waals surface area contributed by atoms with Gasteiger partial charge < -0.3 is 10.1 Å². The number of carbonyl (C=O) groups excluding carboxylic acids is 1. The number of para-hydroxylation sites is 1. The molecule has 0 spiro atoms. The quantitative estimate of drug-likeness (QED) is 0.192. The molecule has 39 heavy (non-hydrogen) atoms. The molecule has 3 aromatic carbocycles. The minimum Gasteiger partial charge on any atom is -0.489 e. The largest absolute Gasteiger partial charge is 0.489 e. The predicted molar refractivity (Wildman–Crippen MR) is 153 cm³/mol. The number of nitrogens with zero attached hydrogens (tertiary/aromatic N) is 3. The van der Waals surface area contributed by atoms with Crippen LogP contribution in [-0.4, -0.2) is 21.7 Å². The predicted octanol–water partition coefficient (Wildman–Crippen LogP) is 7.13. The van der Waals surface area contributed by atoms with Crippen LogP contribution in [0.3, 0.4) is 0 Å². The first-order valence-corrected chi connectivity index (χ1v) is 13.5. The molecule has 196 valence electrons. The number of amides is 1. The summed E-state index contributed by atoms with van der Waals surface area (Å²) in [6, 6.07) is 27.1. The number of aromatic nitrogens is 2. The van der Waals surface area contributed by atoms with Crippen LogP contribution < -0.4 is 10.1 Å². The zero-order valence-electron chi connectivity index (χ0n) is 21.5. The van der Waals surface area contributed by atoms with Gasteiger partial charge >= 0.3 is 0 Å². The zero-order valence-corrected chi connectivity index (χ0v) is 22.3. The molecule has 0 aliphatic heterocycles. The number of benzene rings is 3. The molecule has 5 rings (SSSR count). The molecule has 0 unspecified atom stereocenters. The molecule has 1 aromatic heterocycles. The van der Waals surface area contributed by atoms with Gasteiger partial charge in [0.05, 0.1) is 5.69 Å². The molecule has 0 radical (unpaired) electrons. The third-order valence-corrected chi connectivity index (χ3v) is 7.05. The SMILES string of the molecule is N#CC(=Cc1cn(-c2ccccc2)nc1-c1cccc(OCc2ccc(Cl)cc2)c1)C(=O)NC1CCCCC1. The lowest BCUT2D eigenvalue weighted by Crippen LogP contribution is -2.36. The van der Waals surface area contributed by atoms with E-state index >= 15 is 0 Å². The summed E-state index contributed by atoms with van der Waals surface area (Å²) in [5, 5.41) is 18.4. The van der Waals surface area contributed by atoms with Crippen molar-refractivity contribution >= 4 is 23.6 Å². The third-order valence-electron chi connectivity index (χ3n) is 6.79. The van der Waals surface area contributed by atoms with E-state index in [0.717, 1.165) is 42.5 Å². The lowest BCUT2D eigenvalue weighted by atomic mass is 9.95. The Bertz CT molecular complexity index is 1500. The molecular formula is C32H29ClN4O2. The highest BCUT2D eigenvalue weighted by molar-refractivity contribution is 6.30. The molecule has 1 fully saturated rings. The smallest absolute Gasteiger partial charge is 0.262 e. The molecule has 0 atom stereocenters. The van der Waals surface area contributed by atoms with Gasteiger partial charge in [0.15, 0.2) is 0 Å². The van der Waals surface area contributed by atoms with Gasteiger partial charge in [-0.15, -0.1) is 0 Å². The topological polar surface area (TPSA) is 79.9 Å². The molecule has 1 amide bonds. The number of rotatable bonds is 8. The van der Waals surface area contributed by atoms with Gasteiger partial charge in [-0.05, 0) is 60.9 Å². The Morgan fingerprint density at radius 2 is 1.82 bits per heavy atom. The van der Waals surface area contributed by atoms with Crippen molar-refractivity contribution in [3.63, 3.8) is 0 Å². The van der Waals surface area contributed by atoms with Gasteiger partial charge in [-0.25, -0.2) is 4.68 Å². The summed E-state index contributed by atoms with van der Waals surface area (Å²) < 4.78 is 7.80. The summed E-state index contributed by atoms with van der Waals surface area (Å²) in [4.78, 5) is 13.0. The Morgan fingerprint density at radius 3 is 2.56 bits per heavy atom. The van der Waals surface area contributed by atoms with Gasteiger partial charge in [0.2, 0.25) is 0 Å². The normalized spacial score (nSPS) is 14.0. The van der Waals surface area contributed by atoms with E-state index in [0.29, 0.717) is 28.6 Å². The molecule has 0 bridgehead atoms. The Labute approximate surface area is 233 Å². The first-order chi connectivity index (χ1) is 19.1. The number of nitrogens with one attached hydrogen (secondary N) is 1. The summed E-state index contributed by atoms with van der Waals surface area (Å²) in [7, 11) is 0. The number of ether oxygens (including phenoxy) is 1. The Balaban J connectivity index is 1.45. The van der Waals surface area contributed by atoms with E-state index < -0.39 is 0 Å². The number of hydrogen-bond acceptors (Lipinski definition) is 4. The monoisotopic (exact) mass is 536 g/mol. The van der Waals surface area contributed by atoms with Crippen molar-refractivity contribution < 1.29 is 9.53 Å². The van der Waals surface area contributed by atoms with Crippen molar-refractivity contribution in [1.82, 2.24) is 15.1 Å². The second kappa shape index (κ2) is 12.5. The molecule has 7 heteroatoms. The van der Waals surface area contributed by atoms with E-state index in [1.54, 1.807) is 10.8 Å². The van der Waals surface area contributed by atoms with Gasteiger partial charge in [0.25, 0.3) is 5.91 Å². The Morgan fingerprint density at radius 1 is 1.05 bits per heavy atom. The first kappa shape index (κ1) is 26.3. The van der Waals surface area contributed by atoms with Crippen LogP contribution in [0.2, 0.25) is 5.02 Å². The number of halogens is 1. The van der Waals surface area contributed by atoms with Crippen molar-refractivity contribution in [2.45, 2.75) is 44.8 Å². The van der Waals surface area contributed by atoms with Crippen molar-refractivity contribution in [2.24, 2.45) is 0 Å². The summed E-state index contributed by atoms with van der Waals surface area (Å²) in [6.45, 7) is 0.395. The second-order valence-electron chi connectivity index (χ2n) is 9.63. The van der Waals surface area contributed by atoms with E-state index in [9.17, 15) is 10.1 Å². The van der Waals surface area contributed by atoms with Crippen LogP contribution in [0.1, 0.15) is 43.2 Å². The minimum absolute atomic E-state index is 0.0598. The zero-order chi connectivity index (χ0) is 27.0. The van der Waals surface area contributed by atoms with Gasteiger partial charge in [-0.1, -0.05) is 73.3 Å². The van der Waals surface area contributed by atoms with Crippen molar-refractivity contribution in [3.8, 4) is 28.8 Å². The highest BCUT2D eigenvalue weighted by Crippen LogP contribution is 2.29. The maximum Gasteiger partial charge on any atom is 0.262 e. The average Bonchev–Trinajstić information content (AvgIpc) is 3.41. The van der Waals surface area contributed by atoms with Crippen LogP contribution in [0.25, 0.3) is 23.0 Å². The summed E-state index contributed by atoms with van der Waals surface area (Å²) >= 11 is 5.99. The van der Waals surface area contributed by atoms with Crippen LogP contribution in [0.15, 0.2) is 90.6 Å². The molecule has 1 aliphatic rings. The molecule has 1 N–H and O–H groups in total. The third kappa shape index (κ3) is 6.76. The van der Waals surface area contributed by atoms with E-state index in [1.807, 2.05) is 85.1 Å². The Kier molecular flexibility index (Phi) is 8.40. The van der Waals surface area contributed by atoms with Crippen LogP contribution in [0, 0.1) is 11.3 Å². The fourth-order valence-electron chi connectivity index (χ4n) is 4.72. The van der Waals surface area contributed by atoms with E-state index in [4.69, 9.17) is 21.4 Å². The van der Waals surface area contributed by atoms with Gasteiger partial charge in [0.1, 0.15) is 29.7 Å². The lowest BCUT2D eigenvalue weighted by molar-refractivity contribution is -0.117. The highest BCUT2D eigenvalue weighted by Gasteiger charge is 2.20. The standard InChI is InChI=1S/C32H29ClN4O2/c33-27-16-14-23(15-17-27)22-39-30-13-7-8-24(19-30)31-26(21-37(36-31)29-11-5-2-6-12-29)18-25(20-34)32(38)35-28-9-3-1-4-10-28/h2,5-8,11-19,21,28H,1,3-4,9-10,22H2,(H,35,38). The highest BCUT2D eigenvalue weighted by atomic mass is 35.5. The van der Waals surface area contributed by atoms with Crippen LogP contribution in [-0.2, 0) is 11.4 Å². The summed E-state index contributed by atoms with van der Waals surface area (Å²) in [5.41, 5.74) is 4.07. The summed E-state index contributed by atoms with van der Waals surface area (Å²) in [6.07, 6.45) is 8.76. The van der Waals surface area contributed by atoms with E-state index in [2.05, 4.69) is 11.4 Å². The first-order valence-electron chi connectivity index (χ1n) is 13.1. The summed E-state index contributed by atoms with van der Waals surface area (Å²) in [5.74, 6) is 0.338. The minimum atomic E-state index is -0.345. The van der Waals surface area contributed by atoms with Crippen molar-refractivity contribution in [3.05, 3.63) is 107 Å². The fraction of sp³-hybridized carbons (Fsp3) is 0.219. The van der Waals surface area contributed by atoms with Crippen LogP contribution in [0.5, 0.6) is 5.75 Å². The van der Waals surface area contributed by atoms with Gasteiger partial charge in [-0.2, -0.15) is 10.4 Å². The molecule has 1 heterocycles. The number of carbonyl (C=O) groups is 1. The maximum atomic E-state index is 13.0. The van der Waals surface area contributed by atoms with E-state index in [-0.39, 0.29) is 17.5 Å². The van der Waals surface area contributed by atoms with Crippen LogP contribution in [0.4, 0.5) is 0 Å². The fourth-order valence-corrected chi connectivity index (χ4v) is 4.85. The van der Waals surface area contributed by atoms with Crippen molar-refractivity contribution in [1.29, 1.82) is 5.26 Å². The molecule has 4 aromatic rings. The van der Waals surface area contributed by atoms with Crippen LogP contribution >= 0.6 is 11.6 Å². The molecule has 6 nitrogen and oxygen atoms in total. The maximum absolute atomic E-state index is 13.0. The van der Waals surface area contributed by atoms with E-state index in [1.165, 1.54) is 6.42 Å². The number of hydrogen-bond donors (Lipinski definition) is 1. The second-order valence-corrected chi connectivity index (χ2v) is 10.1. The average molecular weight is 537 g/mol. The molecule has 0 saturated heterocycles.